The molecule has 0 saturated heterocycles. The molecule has 0 radical (unpaired) electrons. The Morgan fingerprint density at radius 2 is 2.00 bits per heavy atom. The Morgan fingerprint density at radius 1 is 1.18 bits per heavy atom. The Labute approximate surface area is 205 Å². The molecule has 0 unspecified atom stereocenters. The van der Waals surface area contributed by atoms with E-state index in [4.69, 9.17) is 21.3 Å². The molecule has 0 bridgehead atoms. The number of hydrogen-bond donors (Lipinski definition) is 1. The number of nitrogens with one attached hydrogen (secondary N) is 1. The van der Waals surface area contributed by atoms with Gasteiger partial charge in [0.05, 0.1) is 11.3 Å². The van der Waals surface area contributed by atoms with Crippen LogP contribution in [0.2, 0.25) is 5.02 Å². The first-order valence-electron chi connectivity index (χ1n) is 10.8. The van der Waals surface area contributed by atoms with Gasteiger partial charge in [0.15, 0.2) is 11.0 Å². The van der Waals surface area contributed by atoms with Crippen LogP contribution in [0, 0.1) is 5.82 Å². The summed E-state index contributed by atoms with van der Waals surface area (Å²) in [5, 5.41) is 7.12. The highest BCUT2D eigenvalue weighted by atomic mass is 35.5. The molecule has 4 aromatic rings. The first-order valence-corrected chi connectivity index (χ1v) is 12.1. The van der Waals surface area contributed by atoms with Crippen molar-refractivity contribution in [1.82, 2.24) is 15.1 Å². The number of aromatic amines is 1. The van der Waals surface area contributed by atoms with Gasteiger partial charge in [-0.25, -0.2) is 14.2 Å². The van der Waals surface area contributed by atoms with Gasteiger partial charge in [-0.15, -0.1) is 11.3 Å². The molecule has 0 saturated carbocycles. The Hall–Kier alpha value is -3.01. The van der Waals surface area contributed by atoms with Crippen LogP contribution in [-0.4, -0.2) is 35.4 Å². The van der Waals surface area contributed by atoms with Crippen molar-refractivity contribution in [3.63, 3.8) is 0 Å². The molecule has 0 spiro atoms. The maximum Gasteiger partial charge on any atom is 0.439 e. The lowest BCUT2D eigenvalue weighted by molar-refractivity contribution is 0.192. The highest BCUT2D eigenvalue weighted by molar-refractivity contribution is 7.14. The molecule has 2 heterocycles. The molecule has 2 aromatic carbocycles. The van der Waals surface area contributed by atoms with Gasteiger partial charge in [0, 0.05) is 42.8 Å². The van der Waals surface area contributed by atoms with Gasteiger partial charge in [0.25, 0.3) is 0 Å². The van der Waals surface area contributed by atoms with Crippen molar-refractivity contribution in [2.45, 2.75) is 25.8 Å². The summed E-state index contributed by atoms with van der Waals surface area (Å²) in [6.07, 6.45) is 2.96. The zero-order valence-electron chi connectivity index (χ0n) is 18.6. The molecule has 0 fully saturated rings. The van der Waals surface area contributed by atoms with Crippen molar-refractivity contribution in [2.75, 3.05) is 25.2 Å². The van der Waals surface area contributed by atoms with Crippen molar-refractivity contribution in [3.8, 4) is 22.6 Å². The van der Waals surface area contributed by atoms with Crippen LogP contribution in [0.4, 0.5) is 9.52 Å². The van der Waals surface area contributed by atoms with E-state index in [-0.39, 0.29) is 11.4 Å². The predicted octanol–water partition coefficient (Wildman–Crippen LogP) is 5.77. The number of nitrogens with zero attached hydrogens (tertiary/aromatic N) is 3. The number of H-pyrrole nitrogens is 1. The van der Waals surface area contributed by atoms with Crippen LogP contribution in [0.15, 0.2) is 57.2 Å². The highest BCUT2D eigenvalue weighted by Crippen LogP contribution is 2.30. The zero-order chi connectivity index (χ0) is 23.9. The van der Waals surface area contributed by atoms with Gasteiger partial charge < -0.3 is 9.64 Å². The number of anilines is 1. The minimum atomic E-state index is -0.724. The summed E-state index contributed by atoms with van der Waals surface area (Å²) >= 11 is 7.56. The standard InChI is InChI=1S/C24H24ClFN4O3S/c1-32-12-4-2-3-11-30(23-27-21(15-34-23)17-6-8-18(25)9-7-17)14-16-5-10-19(20(26)13-16)22-28-24(31)33-29-22/h5-10,13,15H,2-4,11-12,14H2,1H3,(H,28,29,31). The Morgan fingerprint density at radius 3 is 2.71 bits per heavy atom. The summed E-state index contributed by atoms with van der Waals surface area (Å²) in [5.41, 5.74) is 2.83. The normalized spacial score (nSPS) is 11.1. The van der Waals surface area contributed by atoms with Crippen molar-refractivity contribution in [3.05, 3.63) is 74.8 Å². The van der Waals surface area contributed by atoms with Crippen LogP contribution < -0.4 is 10.7 Å². The van der Waals surface area contributed by atoms with Crippen LogP contribution in [0.1, 0.15) is 24.8 Å². The minimum absolute atomic E-state index is 0.0663. The topological polar surface area (TPSA) is 84.2 Å². The summed E-state index contributed by atoms with van der Waals surface area (Å²) in [4.78, 5) is 20.6. The zero-order valence-corrected chi connectivity index (χ0v) is 20.2. The van der Waals surface area contributed by atoms with Crippen molar-refractivity contribution in [2.24, 2.45) is 0 Å². The third-order valence-corrected chi connectivity index (χ3v) is 6.43. The quantitative estimate of drug-likeness (QED) is 0.262. The summed E-state index contributed by atoms with van der Waals surface area (Å²) in [6.45, 7) is 2.00. The average molecular weight is 503 g/mol. The van der Waals surface area contributed by atoms with Gasteiger partial charge in [-0.3, -0.25) is 9.51 Å². The Balaban J connectivity index is 1.53. The van der Waals surface area contributed by atoms with E-state index < -0.39 is 11.6 Å². The van der Waals surface area contributed by atoms with Gasteiger partial charge in [0.2, 0.25) is 0 Å². The van der Waals surface area contributed by atoms with Gasteiger partial charge in [0.1, 0.15) is 5.82 Å². The molecule has 1 N–H and O–H groups in total. The third kappa shape index (κ3) is 6.11. The second-order valence-electron chi connectivity index (χ2n) is 7.76. The number of halogens is 2. The lowest BCUT2D eigenvalue weighted by Gasteiger charge is -2.22. The highest BCUT2D eigenvalue weighted by Gasteiger charge is 2.16. The van der Waals surface area contributed by atoms with Gasteiger partial charge in [-0.05, 0) is 49.1 Å². The molecular weight excluding hydrogens is 479 g/mol. The van der Waals surface area contributed by atoms with Crippen LogP contribution >= 0.6 is 22.9 Å². The minimum Gasteiger partial charge on any atom is -0.385 e. The van der Waals surface area contributed by atoms with E-state index in [2.05, 4.69) is 19.6 Å². The molecule has 10 heteroatoms. The fourth-order valence-corrected chi connectivity index (χ4v) is 4.53. The molecule has 0 aliphatic heterocycles. The molecule has 0 aliphatic carbocycles. The third-order valence-electron chi connectivity index (χ3n) is 5.28. The van der Waals surface area contributed by atoms with Crippen molar-refractivity contribution < 1.29 is 13.7 Å². The SMILES string of the molecule is COCCCCCN(Cc1ccc(-c2noc(=O)[nH]2)c(F)c1)c1nc(-c2ccc(Cl)cc2)cs1. The Kier molecular flexibility index (Phi) is 8.10. The van der Waals surface area contributed by atoms with Crippen LogP contribution in [-0.2, 0) is 11.3 Å². The number of unbranched alkanes of at least 4 members (excludes halogenated alkanes) is 2. The molecule has 4 rings (SSSR count). The van der Waals surface area contributed by atoms with Gasteiger partial charge >= 0.3 is 5.76 Å². The van der Waals surface area contributed by atoms with Crippen LogP contribution in [0.3, 0.4) is 0 Å². The number of rotatable bonds is 11. The van der Waals surface area contributed by atoms with Crippen molar-refractivity contribution in [1.29, 1.82) is 0 Å². The van der Waals surface area contributed by atoms with Crippen LogP contribution in [0.25, 0.3) is 22.6 Å². The largest absolute Gasteiger partial charge is 0.439 e. The molecule has 2 aromatic heterocycles. The number of ether oxygens (including phenoxy) is 1. The molecule has 7 nitrogen and oxygen atoms in total. The number of hydrogen-bond acceptors (Lipinski definition) is 7. The fourth-order valence-electron chi connectivity index (χ4n) is 3.55. The molecule has 34 heavy (non-hydrogen) atoms. The van der Waals surface area contributed by atoms with E-state index in [1.165, 1.54) is 6.07 Å². The van der Waals surface area contributed by atoms with Gasteiger partial charge in [-0.2, -0.15) is 0 Å². The number of methoxy groups -OCH3 is 1. The maximum atomic E-state index is 14.8. The van der Waals surface area contributed by atoms with E-state index in [1.54, 1.807) is 24.5 Å². The number of thiazole rings is 1. The molecular formula is C24H24ClFN4O3S. The van der Waals surface area contributed by atoms with E-state index in [9.17, 15) is 9.18 Å². The summed E-state index contributed by atoms with van der Waals surface area (Å²) in [7, 11) is 1.70. The second-order valence-corrected chi connectivity index (χ2v) is 9.03. The first-order chi connectivity index (χ1) is 16.5. The number of benzene rings is 2. The second kappa shape index (κ2) is 11.4. The fraction of sp³-hybridized carbons (Fsp3) is 0.292. The first kappa shape index (κ1) is 24.1. The van der Waals surface area contributed by atoms with E-state index in [0.717, 1.165) is 54.4 Å². The average Bonchev–Trinajstić information content (AvgIpc) is 3.48. The maximum absolute atomic E-state index is 14.8. The van der Waals surface area contributed by atoms with Crippen LogP contribution in [0.5, 0.6) is 0 Å². The van der Waals surface area contributed by atoms with E-state index >= 15 is 0 Å². The number of aromatic nitrogens is 3. The van der Waals surface area contributed by atoms with E-state index in [0.29, 0.717) is 11.6 Å². The summed E-state index contributed by atoms with van der Waals surface area (Å²) in [6, 6.07) is 12.4. The molecule has 0 aliphatic rings. The summed E-state index contributed by atoms with van der Waals surface area (Å²) < 4.78 is 24.4. The summed E-state index contributed by atoms with van der Waals surface area (Å²) in [5.74, 6) is -1.14. The molecule has 0 amide bonds. The molecule has 0 atom stereocenters. The monoisotopic (exact) mass is 502 g/mol. The van der Waals surface area contributed by atoms with Crippen molar-refractivity contribution >= 4 is 28.1 Å². The molecule has 178 valence electrons. The lowest BCUT2D eigenvalue weighted by atomic mass is 10.1. The van der Waals surface area contributed by atoms with E-state index in [1.807, 2.05) is 35.7 Å². The predicted molar refractivity (Wildman–Crippen MR) is 132 cm³/mol. The Bertz CT molecular complexity index is 1270. The lowest BCUT2D eigenvalue weighted by Crippen LogP contribution is -2.24. The smallest absolute Gasteiger partial charge is 0.385 e. The van der Waals surface area contributed by atoms with Gasteiger partial charge in [-0.1, -0.05) is 35.0 Å².